The molecule has 1 unspecified atom stereocenters. The standard InChI is InChI=1S/C28H38FNO4/c1-20-13-14-22(17-27(20)29)16-24-10-7-15-30(24)18-25(31)19-34-21(2)26-11-5-3-8-23(26)9-4-6-12-28(32)33/h3,5,8,11,13-14,17,21,24-25,31H,4,6-7,9-10,12,15-16,18-19H2,1-2H3,(H,32,33)/t21-,24?,25-/m1/s1. The maximum atomic E-state index is 13.9. The Morgan fingerprint density at radius 1 is 1.24 bits per heavy atom. The topological polar surface area (TPSA) is 70.0 Å². The highest BCUT2D eigenvalue weighted by atomic mass is 19.1. The number of carboxylic acid groups (broad SMARTS) is 1. The number of aryl methyl sites for hydroxylation is 2. The molecule has 3 atom stereocenters. The van der Waals surface area contributed by atoms with Crippen LogP contribution >= 0.6 is 0 Å². The first kappa shape index (κ1) is 26.3. The summed E-state index contributed by atoms with van der Waals surface area (Å²) in [5.41, 5.74) is 3.92. The van der Waals surface area contributed by atoms with Crippen LogP contribution in [-0.2, 0) is 22.4 Å². The van der Waals surface area contributed by atoms with Gasteiger partial charge in [0.2, 0.25) is 0 Å². The van der Waals surface area contributed by atoms with Gasteiger partial charge < -0.3 is 14.9 Å². The van der Waals surface area contributed by atoms with Gasteiger partial charge in [-0.25, -0.2) is 4.39 Å². The number of carbonyl (C=O) groups is 1. The van der Waals surface area contributed by atoms with Crippen LogP contribution in [0, 0.1) is 12.7 Å². The van der Waals surface area contributed by atoms with E-state index in [1.807, 2.05) is 37.3 Å². The number of likely N-dealkylation sites (tertiary alicyclic amines) is 1. The van der Waals surface area contributed by atoms with Gasteiger partial charge in [0.15, 0.2) is 0 Å². The molecular formula is C28H38FNO4. The molecule has 0 aliphatic carbocycles. The van der Waals surface area contributed by atoms with E-state index in [1.54, 1.807) is 13.0 Å². The van der Waals surface area contributed by atoms with Gasteiger partial charge in [0.25, 0.3) is 0 Å². The fourth-order valence-electron chi connectivity index (χ4n) is 4.82. The van der Waals surface area contributed by atoms with E-state index in [1.165, 1.54) is 5.56 Å². The van der Waals surface area contributed by atoms with E-state index in [0.717, 1.165) is 49.8 Å². The molecule has 1 fully saturated rings. The summed E-state index contributed by atoms with van der Waals surface area (Å²) in [5, 5.41) is 19.5. The molecule has 0 saturated carbocycles. The highest BCUT2D eigenvalue weighted by Gasteiger charge is 2.27. The van der Waals surface area contributed by atoms with Crippen molar-refractivity contribution in [3.8, 4) is 0 Å². The summed E-state index contributed by atoms with van der Waals surface area (Å²) in [7, 11) is 0. The zero-order valence-corrected chi connectivity index (χ0v) is 20.4. The Bertz CT molecular complexity index is 934. The molecular weight excluding hydrogens is 433 g/mol. The highest BCUT2D eigenvalue weighted by molar-refractivity contribution is 5.66. The number of aliphatic hydroxyl groups is 1. The number of ether oxygens (including phenoxy) is 1. The molecule has 0 amide bonds. The Labute approximate surface area is 202 Å². The molecule has 2 aromatic rings. The molecule has 186 valence electrons. The molecule has 5 nitrogen and oxygen atoms in total. The lowest BCUT2D eigenvalue weighted by Crippen LogP contribution is -2.39. The highest BCUT2D eigenvalue weighted by Crippen LogP contribution is 2.25. The van der Waals surface area contributed by atoms with Gasteiger partial charge in [-0.1, -0.05) is 36.4 Å². The van der Waals surface area contributed by atoms with Crippen molar-refractivity contribution in [1.29, 1.82) is 0 Å². The number of halogens is 1. The van der Waals surface area contributed by atoms with Gasteiger partial charge in [0.1, 0.15) is 5.82 Å². The second kappa shape index (κ2) is 13.0. The van der Waals surface area contributed by atoms with Crippen molar-refractivity contribution in [1.82, 2.24) is 4.90 Å². The maximum Gasteiger partial charge on any atom is 0.303 e. The van der Waals surface area contributed by atoms with E-state index in [2.05, 4.69) is 11.0 Å². The maximum absolute atomic E-state index is 13.9. The Morgan fingerprint density at radius 3 is 2.79 bits per heavy atom. The zero-order valence-electron chi connectivity index (χ0n) is 20.4. The van der Waals surface area contributed by atoms with Crippen molar-refractivity contribution in [2.24, 2.45) is 0 Å². The number of aliphatic hydroxyl groups excluding tert-OH is 1. The molecule has 0 bridgehead atoms. The normalized spacial score (nSPS) is 18.2. The average molecular weight is 472 g/mol. The quantitative estimate of drug-likeness (QED) is 0.399. The first-order chi connectivity index (χ1) is 16.3. The number of benzene rings is 2. The van der Waals surface area contributed by atoms with Crippen LogP contribution in [0.1, 0.15) is 67.4 Å². The number of hydrogen-bond acceptors (Lipinski definition) is 4. The van der Waals surface area contributed by atoms with Gasteiger partial charge in [0.05, 0.1) is 18.8 Å². The van der Waals surface area contributed by atoms with Gasteiger partial charge in [-0.15, -0.1) is 0 Å². The molecule has 6 heteroatoms. The first-order valence-corrected chi connectivity index (χ1v) is 12.4. The fraction of sp³-hybridized carbons (Fsp3) is 0.536. The van der Waals surface area contributed by atoms with Gasteiger partial charge in [-0.05, 0) is 87.2 Å². The van der Waals surface area contributed by atoms with Crippen LogP contribution < -0.4 is 0 Å². The Morgan fingerprint density at radius 2 is 2.03 bits per heavy atom. The molecule has 3 rings (SSSR count). The Balaban J connectivity index is 1.48. The second-order valence-corrected chi connectivity index (χ2v) is 9.51. The van der Waals surface area contributed by atoms with Crippen LogP contribution in [0.3, 0.4) is 0 Å². The van der Waals surface area contributed by atoms with Crippen molar-refractivity contribution < 1.29 is 24.1 Å². The minimum Gasteiger partial charge on any atom is -0.481 e. The van der Waals surface area contributed by atoms with Crippen LogP contribution in [0.4, 0.5) is 4.39 Å². The predicted molar refractivity (Wildman–Crippen MR) is 131 cm³/mol. The van der Waals surface area contributed by atoms with E-state index >= 15 is 0 Å². The van der Waals surface area contributed by atoms with Crippen LogP contribution in [0.5, 0.6) is 0 Å². The SMILES string of the molecule is Cc1ccc(CC2CCCN2C[C@@H](O)CO[C@H](C)c2ccccc2CCCCC(=O)O)cc1F. The van der Waals surface area contributed by atoms with E-state index < -0.39 is 12.1 Å². The summed E-state index contributed by atoms with van der Waals surface area (Å²) in [5.74, 6) is -0.920. The van der Waals surface area contributed by atoms with Crippen LogP contribution in [-0.4, -0.2) is 52.9 Å². The van der Waals surface area contributed by atoms with E-state index in [4.69, 9.17) is 9.84 Å². The minimum absolute atomic E-state index is 0.157. The van der Waals surface area contributed by atoms with Gasteiger partial charge >= 0.3 is 5.97 Å². The average Bonchev–Trinajstić information content (AvgIpc) is 3.24. The first-order valence-electron chi connectivity index (χ1n) is 12.4. The number of carboxylic acids is 1. The van der Waals surface area contributed by atoms with Crippen LogP contribution in [0.2, 0.25) is 0 Å². The second-order valence-electron chi connectivity index (χ2n) is 9.51. The molecule has 0 aromatic heterocycles. The molecule has 34 heavy (non-hydrogen) atoms. The molecule has 0 spiro atoms. The third-order valence-electron chi connectivity index (χ3n) is 6.77. The lowest BCUT2D eigenvalue weighted by atomic mass is 9.98. The Hall–Kier alpha value is -2.28. The predicted octanol–water partition coefficient (Wildman–Crippen LogP) is 5.08. The third kappa shape index (κ3) is 7.90. The molecule has 0 radical (unpaired) electrons. The number of nitrogens with zero attached hydrogens (tertiary/aromatic N) is 1. The number of rotatable bonds is 13. The van der Waals surface area contributed by atoms with Crippen molar-refractivity contribution in [2.75, 3.05) is 19.7 Å². The largest absolute Gasteiger partial charge is 0.481 e. The van der Waals surface area contributed by atoms with E-state index in [0.29, 0.717) is 24.6 Å². The fourth-order valence-corrected chi connectivity index (χ4v) is 4.82. The summed E-state index contributed by atoms with van der Waals surface area (Å²) in [4.78, 5) is 13.0. The summed E-state index contributed by atoms with van der Waals surface area (Å²) in [6, 6.07) is 13.8. The van der Waals surface area contributed by atoms with Gasteiger partial charge in [-0.3, -0.25) is 9.69 Å². The van der Waals surface area contributed by atoms with Gasteiger partial charge in [0, 0.05) is 19.0 Å². The zero-order chi connectivity index (χ0) is 24.5. The Kier molecular flexibility index (Phi) is 10.1. The van der Waals surface area contributed by atoms with Crippen molar-refractivity contribution in [2.45, 2.75) is 77.0 Å². The molecule has 1 aliphatic rings. The lowest BCUT2D eigenvalue weighted by Gasteiger charge is -2.28. The molecule has 2 aromatic carbocycles. The van der Waals surface area contributed by atoms with Crippen LogP contribution in [0.25, 0.3) is 0 Å². The lowest BCUT2D eigenvalue weighted by molar-refractivity contribution is -0.137. The summed E-state index contributed by atoms with van der Waals surface area (Å²) >= 11 is 0. The van der Waals surface area contributed by atoms with E-state index in [-0.39, 0.29) is 24.9 Å². The number of β-amino-alcohol motifs (C(OH)–C–C–N with tert-alkyl or cyclic N) is 1. The monoisotopic (exact) mass is 471 g/mol. The van der Waals surface area contributed by atoms with Crippen LogP contribution in [0.15, 0.2) is 42.5 Å². The van der Waals surface area contributed by atoms with Gasteiger partial charge in [-0.2, -0.15) is 0 Å². The van der Waals surface area contributed by atoms with Crippen molar-refractivity contribution in [3.63, 3.8) is 0 Å². The number of unbranched alkanes of at least 4 members (excludes halogenated alkanes) is 1. The number of hydrogen-bond donors (Lipinski definition) is 2. The molecule has 1 aliphatic heterocycles. The van der Waals surface area contributed by atoms with E-state index in [9.17, 15) is 14.3 Å². The molecule has 1 heterocycles. The number of aliphatic carboxylic acids is 1. The summed E-state index contributed by atoms with van der Waals surface area (Å²) in [6.45, 7) is 5.49. The summed E-state index contributed by atoms with van der Waals surface area (Å²) < 4.78 is 20.0. The minimum atomic E-state index is -0.759. The van der Waals surface area contributed by atoms with Crippen molar-refractivity contribution in [3.05, 3.63) is 70.5 Å². The third-order valence-corrected chi connectivity index (χ3v) is 6.77. The van der Waals surface area contributed by atoms with Crippen molar-refractivity contribution >= 4 is 5.97 Å². The molecule has 1 saturated heterocycles. The smallest absolute Gasteiger partial charge is 0.303 e. The summed E-state index contributed by atoms with van der Waals surface area (Å²) in [6.07, 6.45) is 4.65. The molecule has 2 N–H and O–H groups in total.